The fraction of sp³-hybridized carbons (Fsp3) is 0.222. The molecule has 0 amide bonds. The predicted octanol–water partition coefficient (Wildman–Crippen LogP) is 4.35. The molecule has 1 heterocycles. The maximum Gasteiger partial charge on any atom is 0.281 e. The third-order valence-electron chi connectivity index (χ3n) is 3.76. The SMILES string of the molecule is Cc1ccc(N(C)c2nc(=O)c3cc(C)ccc3s2)c(C)c1. The average Bonchev–Trinajstić information content (AvgIpc) is 2.47. The molecular formula is C18H18N2OS. The van der Waals surface area contributed by atoms with Crippen molar-refractivity contribution in [3.8, 4) is 0 Å². The summed E-state index contributed by atoms with van der Waals surface area (Å²) in [5.74, 6) is 0. The number of nitrogens with zero attached hydrogens (tertiary/aromatic N) is 2. The number of aryl methyl sites for hydroxylation is 3. The number of hydrogen-bond acceptors (Lipinski definition) is 4. The van der Waals surface area contributed by atoms with Crippen molar-refractivity contribution in [2.24, 2.45) is 0 Å². The molecule has 0 radical (unpaired) electrons. The molecule has 3 rings (SSSR count). The predicted molar refractivity (Wildman–Crippen MR) is 94.6 cm³/mol. The summed E-state index contributed by atoms with van der Waals surface area (Å²) in [6.45, 7) is 6.14. The van der Waals surface area contributed by atoms with Crippen molar-refractivity contribution in [3.63, 3.8) is 0 Å². The maximum atomic E-state index is 12.3. The second kappa shape index (κ2) is 5.54. The summed E-state index contributed by atoms with van der Waals surface area (Å²) < 4.78 is 0.970. The van der Waals surface area contributed by atoms with Gasteiger partial charge in [0.15, 0.2) is 5.13 Å². The number of benzene rings is 2. The standard InChI is InChI=1S/C18H18N2OS/c1-11-5-7-15(13(3)9-11)20(4)18-19-17(21)14-10-12(2)6-8-16(14)22-18/h5-10H,1-4H3. The van der Waals surface area contributed by atoms with E-state index >= 15 is 0 Å². The monoisotopic (exact) mass is 310 g/mol. The summed E-state index contributed by atoms with van der Waals surface area (Å²) in [7, 11) is 1.95. The van der Waals surface area contributed by atoms with Crippen LogP contribution < -0.4 is 10.5 Å². The van der Waals surface area contributed by atoms with Crippen LogP contribution in [0.15, 0.2) is 41.2 Å². The van der Waals surface area contributed by atoms with Gasteiger partial charge in [-0.05, 0) is 44.5 Å². The Kier molecular flexibility index (Phi) is 3.71. The van der Waals surface area contributed by atoms with Crippen molar-refractivity contribution >= 4 is 32.2 Å². The Labute approximate surface area is 133 Å². The topological polar surface area (TPSA) is 33.2 Å². The van der Waals surface area contributed by atoms with E-state index in [4.69, 9.17) is 0 Å². The molecule has 0 spiro atoms. The number of aromatic nitrogens is 1. The van der Waals surface area contributed by atoms with Crippen molar-refractivity contribution in [1.82, 2.24) is 4.98 Å². The van der Waals surface area contributed by atoms with Gasteiger partial charge in [0.2, 0.25) is 0 Å². The highest BCUT2D eigenvalue weighted by molar-refractivity contribution is 7.21. The fourth-order valence-electron chi connectivity index (χ4n) is 2.60. The van der Waals surface area contributed by atoms with E-state index in [9.17, 15) is 4.79 Å². The second-order valence-corrected chi connectivity index (χ2v) is 6.66. The Bertz CT molecular complexity index is 915. The van der Waals surface area contributed by atoms with Gasteiger partial charge in [-0.3, -0.25) is 4.79 Å². The molecule has 0 aliphatic heterocycles. The quantitative estimate of drug-likeness (QED) is 0.705. The fourth-order valence-corrected chi connectivity index (χ4v) is 3.55. The Morgan fingerprint density at radius 3 is 2.41 bits per heavy atom. The van der Waals surface area contributed by atoms with E-state index in [1.54, 1.807) is 11.3 Å². The van der Waals surface area contributed by atoms with Crippen LogP contribution >= 0.6 is 11.3 Å². The first-order chi connectivity index (χ1) is 10.5. The van der Waals surface area contributed by atoms with E-state index in [1.165, 1.54) is 11.1 Å². The molecule has 1 aromatic heterocycles. The van der Waals surface area contributed by atoms with Crippen LogP contribution in [0, 0.1) is 20.8 Å². The largest absolute Gasteiger partial charge is 0.321 e. The lowest BCUT2D eigenvalue weighted by atomic mass is 10.1. The lowest BCUT2D eigenvalue weighted by Crippen LogP contribution is -2.16. The molecule has 0 aliphatic carbocycles. The van der Waals surface area contributed by atoms with Gasteiger partial charge in [-0.15, -0.1) is 0 Å². The molecule has 0 atom stereocenters. The zero-order chi connectivity index (χ0) is 15.9. The average molecular weight is 310 g/mol. The summed E-state index contributed by atoms with van der Waals surface area (Å²) in [5.41, 5.74) is 4.39. The molecule has 112 valence electrons. The van der Waals surface area contributed by atoms with E-state index in [1.807, 2.05) is 37.1 Å². The van der Waals surface area contributed by atoms with E-state index in [-0.39, 0.29) is 5.56 Å². The van der Waals surface area contributed by atoms with Gasteiger partial charge in [-0.2, -0.15) is 4.98 Å². The van der Waals surface area contributed by atoms with E-state index in [2.05, 4.69) is 37.0 Å². The molecular weight excluding hydrogens is 292 g/mol. The Morgan fingerprint density at radius 1 is 1.00 bits per heavy atom. The summed E-state index contributed by atoms with van der Waals surface area (Å²) in [6, 6.07) is 12.2. The lowest BCUT2D eigenvalue weighted by molar-refractivity contribution is 1.13. The highest BCUT2D eigenvalue weighted by Gasteiger charge is 2.12. The van der Waals surface area contributed by atoms with Gasteiger partial charge in [-0.25, -0.2) is 0 Å². The normalized spacial score (nSPS) is 10.9. The Hall–Kier alpha value is -2.20. The Morgan fingerprint density at radius 2 is 1.68 bits per heavy atom. The van der Waals surface area contributed by atoms with Gasteiger partial charge in [0.05, 0.1) is 5.39 Å². The molecule has 0 N–H and O–H groups in total. The molecule has 0 bridgehead atoms. The third-order valence-corrected chi connectivity index (χ3v) is 4.89. The van der Waals surface area contributed by atoms with Crippen LogP contribution in [0.4, 0.5) is 10.8 Å². The first-order valence-electron chi connectivity index (χ1n) is 7.18. The van der Waals surface area contributed by atoms with Crippen molar-refractivity contribution in [1.29, 1.82) is 0 Å². The van der Waals surface area contributed by atoms with Crippen molar-refractivity contribution in [2.45, 2.75) is 20.8 Å². The number of rotatable bonds is 2. The molecule has 0 fully saturated rings. The van der Waals surface area contributed by atoms with Gasteiger partial charge in [0.25, 0.3) is 5.56 Å². The zero-order valence-corrected chi connectivity index (χ0v) is 14.0. The number of anilines is 2. The molecule has 0 saturated carbocycles. The van der Waals surface area contributed by atoms with Crippen LogP contribution in [0.5, 0.6) is 0 Å². The maximum absolute atomic E-state index is 12.3. The van der Waals surface area contributed by atoms with Crippen LogP contribution in [-0.4, -0.2) is 12.0 Å². The minimum atomic E-state index is -0.163. The highest BCUT2D eigenvalue weighted by Crippen LogP contribution is 2.30. The molecule has 2 aromatic carbocycles. The Balaban J connectivity index is 2.13. The van der Waals surface area contributed by atoms with Crippen LogP contribution in [0.25, 0.3) is 10.1 Å². The summed E-state index contributed by atoms with van der Waals surface area (Å²) >= 11 is 1.54. The molecule has 0 aliphatic rings. The first kappa shape index (κ1) is 14.7. The lowest BCUT2D eigenvalue weighted by Gasteiger charge is -2.20. The van der Waals surface area contributed by atoms with Gasteiger partial charge in [0.1, 0.15) is 0 Å². The van der Waals surface area contributed by atoms with E-state index in [0.717, 1.165) is 16.0 Å². The van der Waals surface area contributed by atoms with Crippen LogP contribution in [0.3, 0.4) is 0 Å². The minimum Gasteiger partial charge on any atom is -0.321 e. The van der Waals surface area contributed by atoms with Gasteiger partial charge >= 0.3 is 0 Å². The zero-order valence-electron chi connectivity index (χ0n) is 13.2. The van der Waals surface area contributed by atoms with Crippen LogP contribution in [-0.2, 0) is 0 Å². The van der Waals surface area contributed by atoms with E-state index < -0.39 is 0 Å². The van der Waals surface area contributed by atoms with Crippen molar-refractivity contribution < 1.29 is 0 Å². The number of hydrogen-bond donors (Lipinski definition) is 0. The van der Waals surface area contributed by atoms with Crippen LogP contribution in [0.1, 0.15) is 16.7 Å². The van der Waals surface area contributed by atoms with Crippen molar-refractivity contribution in [3.05, 3.63) is 63.4 Å². The van der Waals surface area contributed by atoms with Crippen LogP contribution in [0.2, 0.25) is 0 Å². The van der Waals surface area contributed by atoms with E-state index in [0.29, 0.717) is 10.5 Å². The number of fused-ring (bicyclic) bond motifs is 1. The van der Waals surface area contributed by atoms with Gasteiger partial charge in [-0.1, -0.05) is 40.7 Å². The summed E-state index contributed by atoms with van der Waals surface area (Å²) in [6.07, 6.45) is 0. The molecule has 22 heavy (non-hydrogen) atoms. The van der Waals surface area contributed by atoms with Gasteiger partial charge in [0, 0.05) is 17.4 Å². The molecule has 3 aromatic rings. The van der Waals surface area contributed by atoms with Crippen molar-refractivity contribution in [2.75, 3.05) is 11.9 Å². The molecule has 0 saturated heterocycles. The van der Waals surface area contributed by atoms with Gasteiger partial charge < -0.3 is 4.90 Å². The molecule has 3 nitrogen and oxygen atoms in total. The summed E-state index contributed by atoms with van der Waals surface area (Å²) in [4.78, 5) is 18.6. The molecule has 4 heteroatoms. The molecule has 0 unspecified atom stereocenters. The smallest absolute Gasteiger partial charge is 0.281 e. The summed E-state index contributed by atoms with van der Waals surface area (Å²) in [5, 5.41) is 1.41. The minimum absolute atomic E-state index is 0.163. The first-order valence-corrected chi connectivity index (χ1v) is 8.00. The highest BCUT2D eigenvalue weighted by atomic mass is 32.1. The second-order valence-electron chi connectivity index (χ2n) is 5.65. The third kappa shape index (κ3) is 2.62.